The van der Waals surface area contributed by atoms with Crippen LogP contribution in [0, 0.1) is 6.92 Å². The molecule has 4 unspecified atom stereocenters. The van der Waals surface area contributed by atoms with Crippen LogP contribution >= 0.6 is 11.8 Å². The molecule has 0 spiro atoms. The van der Waals surface area contributed by atoms with Crippen LogP contribution in [0.5, 0.6) is 0 Å². The molecule has 0 amide bonds. The number of nitrogens with zero attached hydrogens (tertiary/aromatic N) is 3. The zero-order valence-corrected chi connectivity index (χ0v) is 21.6. The SMILES string of the molecule is C=C(/N=N/c1ccc(N(CC(O)COCC(O)CO)CC(O)COCC(O)CO)cc1C)S/C=C\C. The molecular weight excluding hydrogens is 490 g/mol. The minimum Gasteiger partial charge on any atom is -0.394 e. The Morgan fingerprint density at radius 3 is 1.97 bits per heavy atom. The summed E-state index contributed by atoms with van der Waals surface area (Å²) in [6, 6.07) is 5.41. The van der Waals surface area contributed by atoms with Crippen LogP contribution in [0.2, 0.25) is 0 Å². The Bertz CT molecular complexity index is 803. The van der Waals surface area contributed by atoms with Crippen molar-refractivity contribution in [2.75, 3.05) is 57.6 Å². The van der Waals surface area contributed by atoms with Gasteiger partial charge in [0.15, 0.2) is 0 Å². The van der Waals surface area contributed by atoms with Crippen LogP contribution in [-0.4, -0.2) is 108 Å². The van der Waals surface area contributed by atoms with Gasteiger partial charge in [0, 0.05) is 18.8 Å². The predicted molar refractivity (Wildman–Crippen MR) is 139 cm³/mol. The van der Waals surface area contributed by atoms with Gasteiger partial charge in [0.05, 0.1) is 57.5 Å². The van der Waals surface area contributed by atoms with Gasteiger partial charge in [-0.15, -0.1) is 10.2 Å². The number of aliphatic hydroxyl groups excluding tert-OH is 6. The summed E-state index contributed by atoms with van der Waals surface area (Å²) in [6.45, 7) is 6.51. The van der Waals surface area contributed by atoms with Crippen LogP contribution in [-0.2, 0) is 9.47 Å². The second-order valence-electron chi connectivity index (χ2n) is 8.11. The summed E-state index contributed by atoms with van der Waals surface area (Å²) < 4.78 is 10.5. The number of ether oxygens (including phenoxy) is 2. The van der Waals surface area contributed by atoms with Gasteiger partial charge in [-0.25, -0.2) is 0 Å². The van der Waals surface area contributed by atoms with Crippen molar-refractivity contribution in [3.63, 3.8) is 0 Å². The summed E-state index contributed by atoms with van der Waals surface area (Å²) in [5, 5.41) is 68.2. The normalized spacial score (nSPS) is 15.3. The summed E-state index contributed by atoms with van der Waals surface area (Å²) in [6.07, 6.45) is -2.09. The molecule has 0 saturated carbocycles. The highest BCUT2D eigenvalue weighted by molar-refractivity contribution is 8.05. The molecule has 6 N–H and O–H groups in total. The van der Waals surface area contributed by atoms with E-state index in [0.717, 1.165) is 5.56 Å². The lowest BCUT2D eigenvalue weighted by molar-refractivity contribution is -0.0268. The molecule has 0 bridgehead atoms. The molecule has 0 aliphatic heterocycles. The number of aliphatic hydroxyl groups is 6. The Labute approximate surface area is 216 Å². The fourth-order valence-corrected chi connectivity index (χ4v) is 3.29. The van der Waals surface area contributed by atoms with Gasteiger partial charge in [0.1, 0.15) is 17.2 Å². The maximum atomic E-state index is 10.5. The van der Waals surface area contributed by atoms with Gasteiger partial charge in [-0.3, -0.25) is 0 Å². The number of azo groups is 1. The highest BCUT2D eigenvalue weighted by Gasteiger charge is 2.19. The Hall–Kier alpha value is -1.87. The van der Waals surface area contributed by atoms with Crippen molar-refractivity contribution in [3.8, 4) is 0 Å². The molecule has 0 aliphatic carbocycles. The van der Waals surface area contributed by atoms with Crippen molar-refractivity contribution in [3.05, 3.63) is 46.9 Å². The molecule has 0 aromatic heterocycles. The van der Waals surface area contributed by atoms with Crippen LogP contribution in [0.4, 0.5) is 11.4 Å². The van der Waals surface area contributed by atoms with E-state index in [9.17, 15) is 20.4 Å². The lowest BCUT2D eigenvalue weighted by Crippen LogP contribution is -2.41. The Morgan fingerprint density at radius 1 is 0.972 bits per heavy atom. The highest BCUT2D eigenvalue weighted by atomic mass is 32.2. The van der Waals surface area contributed by atoms with Gasteiger partial charge >= 0.3 is 0 Å². The predicted octanol–water partition coefficient (Wildman–Crippen LogP) is 1.08. The fourth-order valence-electron chi connectivity index (χ4n) is 2.91. The van der Waals surface area contributed by atoms with Crippen molar-refractivity contribution < 1.29 is 40.1 Å². The van der Waals surface area contributed by atoms with Crippen LogP contribution in [0.25, 0.3) is 0 Å². The van der Waals surface area contributed by atoms with Crippen LogP contribution in [0.1, 0.15) is 12.5 Å². The molecule has 0 heterocycles. The van der Waals surface area contributed by atoms with E-state index in [1.165, 1.54) is 11.8 Å². The van der Waals surface area contributed by atoms with E-state index in [1.807, 2.05) is 31.4 Å². The number of allylic oxidation sites excluding steroid dienone is 1. The smallest absolute Gasteiger partial charge is 0.116 e. The molecule has 1 rings (SSSR count). The number of aryl methyl sites for hydroxylation is 1. The average Bonchev–Trinajstić information content (AvgIpc) is 2.85. The lowest BCUT2D eigenvalue weighted by atomic mass is 10.1. The number of anilines is 1. The zero-order chi connectivity index (χ0) is 26.9. The molecule has 11 nitrogen and oxygen atoms in total. The maximum absolute atomic E-state index is 10.5. The molecule has 0 aliphatic rings. The number of hydrogen-bond acceptors (Lipinski definition) is 12. The third-order valence-electron chi connectivity index (χ3n) is 4.68. The van der Waals surface area contributed by atoms with Crippen LogP contribution < -0.4 is 4.90 Å². The summed E-state index contributed by atoms with van der Waals surface area (Å²) in [4.78, 5) is 1.75. The number of benzene rings is 1. The number of hydrogen-bond donors (Lipinski definition) is 6. The molecule has 1 aromatic carbocycles. The molecule has 0 radical (unpaired) electrons. The molecule has 0 fully saturated rings. The summed E-state index contributed by atoms with van der Waals surface area (Å²) in [7, 11) is 0. The standard InChI is InChI=1S/C24H39N3O8S/c1-4-7-36-18(3)25-26-24-6-5-19(8-17(24)2)27(9-20(30)13-34-15-22(32)11-28)10-21(31)14-35-16-23(33)12-29/h4-8,20-23,28-33H,3,9-16H2,1-2H3/b7-4-,26-25+. The van der Waals surface area contributed by atoms with Gasteiger partial charge in [-0.1, -0.05) is 24.4 Å². The first kappa shape index (κ1) is 32.2. The maximum Gasteiger partial charge on any atom is 0.116 e. The molecule has 12 heteroatoms. The zero-order valence-electron chi connectivity index (χ0n) is 20.8. The van der Waals surface area contributed by atoms with E-state index in [4.69, 9.17) is 19.7 Å². The first-order valence-electron chi connectivity index (χ1n) is 11.5. The van der Waals surface area contributed by atoms with Crippen molar-refractivity contribution >= 4 is 23.1 Å². The third-order valence-corrected chi connectivity index (χ3v) is 5.44. The second-order valence-corrected chi connectivity index (χ2v) is 9.09. The first-order valence-corrected chi connectivity index (χ1v) is 12.4. The lowest BCUT2D eigenvalue weighted by Gasteiger charge is -2.30. The largest absolute Gasteiger partial charge is 0.394 e. The summed E-state index contributed by atoms with van der Waals surface area (Å²) in [5.74, 6) is 0. The second kappa shape index (κ2) is 18.4. The number of rotatable bonds is 19. The van der Waals surface area contributed by atoms with Gasteiger partial charge in [-0.05, 0) is 43.0 Å². The van der Waals surface area contributed by atoms with Crippen LogP contribution in [0.3, 0.4) is 0 Å². The van der Waals surface area contributed by atoms with E-state index in [1.54, 1.807) is 17.0 Å². The van der Waals surface area contributed by atoms with Gasteiger partial charge in [0.2, 0.25) is 0 Å². The molecule has 36 heavy (non-hydrogen) atoms. The molecule has 4 atom stereocenters. The minimum atomic E-state index is -1.03. The molecule has 204 valence electrons. The Balaban J connectivity index is 2.92. The Morgan fingerprint density at radius 2 is 1.50 bits per heavy atom. The van der Waals surface area contributed by atoms with Crippen molar-refractivity contribution in [1.82, 2.24) is 0 Å². The molecule has 1 aromatic rings. The average molecular weight is 530 g/mol. The van der Waals surface area contributed by atoms with E-state index in [2.05, 4.69) is 16.8 Å². The van der Waals surface area contributed by atoms with E-state index in [-0.39, 0.29) is 39.5 Å². The van der Waals surface area contributed by atoms with Gasteiger partial charge in [0.25, 0.3) is 0 Å². The topological polar surface area (TPSA) is 168 Å². The Kier molecular flexibility index (Phi) is 16.4. The highest BCUT2D eigenvalue weighted by Crippen LogP contribution is 2.27. The van der Waals surface area contributed by atoms with Gasteiger partial charge in [-0.2, -0.15) is 0 Å². The third kappa shape index (κ3) is 13.4. The monoisotopic (exact) mass is 529 g/mol. The molecule has 0 saturated heterocycles. The van der Waals surface area contributed by atoms with Crippen molar-refractivity contribution in [2.45, 2.75) is 38.3 Å². The molecular formula is C24H39N3O8S. The minimum absolute atomic E-state index is 0.0832. The quantitative estimate of drug-likeness (QED) is 0.143. The summed E-state index contributed by atoms with van der Waals surface area (Å²) in [5.41, 5.74) is 2.17. The van der Waals surface area contributed by atoms with Crippen molar-refractivity contribution in [2.24, 2.45) is 10.2 Å². The van der Waals surface area contributed by atoms with Crippen LogP contribution in [0.15, 0.2) is 51.5 Å². The van der Waals surface area contributed by atoms with Crippen molar-refractivity contribution in [1.29, 1.82) is 0 Å². The van der Waals surface area contributed by atoms with Gasteiger partial charge < -0.3 is 45.0 Å². The fraction of sp³-hybridized carbons (Fsp3) is 0.583. The van der Waals surface area contributed by atoms with E-state index >= 15 is 0 Å². The van der Waals surface area contributed by atoms with E-state index in [0.29, 0.717) is 16.4 Å². The number of thioether (sulfide) groups is 1. The van der Waals surface area contributed by atoms with E-state index < -0.39 is 37.6 Å². The summed E-state index contributed by atoms with van der Waals surface area (Å²) >= 11 is 1.36. The first-order chi connectivity index (χ1) is 17.2.